The summed E-state index contributed by atoms with van der Waals surface area (Å²) in [5.74, 6) is 0. The summed E-state index contributed by atoms with van der Waals surface area (Å²) in [5.41, 5.74) is 10.9. The van der Waals surface area contributed by atoms with E-state index in [1.165, 1.54) is 27.1 Å². The fraction of sp³-hybridized carbons (Fsp3) is 0. The van der Waals surface area contributed by atoms with Crippen molar-refractivity contribution in [3.05, 3.63) is 170 Å². The first-order valence-corrected chi connectivity index (χ1v) is 16.8. The summed E-state index contributed by atoms with van der Waals surface area (Å²) >= 11 is 0. The van der Waals surface area contributed by atoms with E-state index < -0.39 is 0 Å². The molecule has 0 saturated heterocycles. The molecule has 0 unspecified atom stereocenters. The normalized spacial score (nSPS) is 11.6. The highest BCUT2D eigenvalue weighted by Crippen LogP contribution is 2.41. The van der Waals surface area contributed by atoms with Crippen molar-refractivity contribution in [1.82, 2.24) is 19.9 Å². The van der Waals surface area contributed by atoms with Gasteiger partial charge >= 0.3 is 0 Å². The summed E-state index contributed by atoms with van der Waals surface area (Å²) in [4.78, 5) is 19.8. The molecule has 0 saturated carbocycles. The van der Waals surface area contributed by atoms with Crippen LogP contribution in [0.1, 0.15) is 0 Å². The van der Waals surface area contributed by atoms with E-state index in [9.17, 15) is 0 Å². The summed E-state index contributed by atoms with van der Waals surface area (Å²) in [6, 6.07) is 53.5. The lowest BCUT2D eigenvalue weighted by Crippen LogP contribution is -1.95. The van der Waals surface area contributed by atoms with Crippen molar-refractivity contribution >= 4 is 54.3 Å². The van der Waals surface area contributed by atoms with Gasteiger partial charge in [-0.05, 0) is 68.6 Å². The minimum absolute atomic E-state index is 0.861. The van der Waals surface area contributed by atoms with Gasteiger partial charge in [-0.25, -0.2) is 4.98 Å². The third-order valence-corrected chi connectivity index (χ3v) is 9.75. The van der Waals surface area contributed by atoms with Crippen LogP contribution in [0, 0.1) is 0 Å². The Hall–Kier alpha value is -6.78. The molecule has 4 aromatic heterocycles. The third kappa shape index (κ3) is 4.61. The molecule has 10 aromatic rings. The molecule has 4 heterocycles. The molecule has 4 nitrogen and oxygen atoms in total. The van der Waals surface area contributed by atoms with E-state index in [4.69, 9.17) is 15.0 Å². The molecule has 0 aliphatic carbocycles. The third-order valence-electron chi connectivity index (χ3n) is 9.75. The van der Waals surface area contributed by atoms with Crippen molar-refractivity contribution in [2.45, 2.75) is 0 Å². The van der Waals surface area contributed by atoms with Crippen LogP contribution in [0.15, 0.2) is 170 Å². The van der Waals surface area contributed by atoms with E-state index in [1.807, 2.05) is 30.7 Å². The first kappa shape index (κ1) is 28.3. The molecule has 0 aliphatic heterocycles. The standard InChI is InChI=1S/C46H28N4/c1-2-14-36-29(9-1)19-20-30-10-5-17-39(43(30)36)37-15-3-4-16-38(37)41-26-34(27-42(50-41)40-18-6-11-31-12-7-23-47-44(31)40)35-25-33-22-21-32-13-8-24-48-45(32)46(33)49-28-35/h1-28H. The Balaban J connectivity index is 1.23. The van der Waals surface area contributed by atoms with Crippen LogP contribution < -0.4 is 0 Å². The maximum absolute atomic E-state index is 5.41. The molecule has 50 heavy (non-hydrogen) atoms. The molecular weight excluding hydrogens is 609 g/mol. The lowest BCUT2D eigenvalue weighted by molar-refractivity contribution is 1.31. The number of hydrogen-bond acceptors (Lipinski definition) is 4. The number of benzene rings is 6. The molecule has 0 atom stereocenters. The number of fused-ring (bicyclic) bond motifs is 7. The van der Waals surface area contributed by atoms with Crippen molar-refractivity contribution in [3.63, 3.8) is 0 Å². The predicted octanol–water partition coefficient (Wildman–Crippen LogP) is 11.7. The fourth-order valence-electron chi connectivity index (χ4n) is 7.40. The van der Waals surface area contributed by atoms with Crippen molar-refractivity contribution in [2.24, 2.45) is 0 Å². The number of hydrogen-bond donors (Lipinski definition) is 0. The first-order valence-electron chi connectivity index (χ1n) is 16.8. The highest BCUT2D eigenvalue weighted by molar-refractivity contribution is 6.15. The van der Waals surface area contributed by atoms with Crippen molar-refractivity contribution in [3.8, 4) is 44.8 Å². The second kappa shape index (κ2) is 11.4. The minimum Gasteiger partial charge on any atom is -0.256 e. The molecule has 10 rings (SSSR count). The summed E-state index contributed by atoms with van der Waals surface area (Å²) in [7, 11) is 0. The second-order valence-corrected chi connectivity index (χ2v) is 12.7. The molecule has 0 amide bonds. The van der Waals surface area contributed by atoms with Gasteiger partial charge in [-0.3, -0.25) is 15.0 Å². The molecular formula is C46H28N4. The Morgan fingerprint density at radius 3 is 1.80 bits per heavy atom. The van der Waals surface area contributed by atoms with Gasteiger partial charge in [0.25, 0.3) is 0 Å². The summed E-state index contributed by atoms with van der Waals surface area (Å²) < 4.78 is 0. The van der Waals surface area contributed by atoms with Gasteiger partial charge in [0, 0.05) is 51.4 Å². The van der Waals surface area contributed by atoms with Gasteiger partial charge in [0.1, 0.15) is 0 Å². The van der Waals surface area contributed by atoms with Gasteiger partial charge in [0.05, 0.1) is 27.9 Å². The van der Waals surface area contributed by atoms with Crippen molar-refractivity contribution in [1.29, 1.82) is 0 Å². The lowest BCUT2D eigenvalue weighted by Gasteiger charge is -2.16. The van der Waals surface area contributed by atoms with E-state index >= 15 is 0 Å². The van der Waals surface area contributed by atoms with E-state index in [2.05, 4.69) is 145 Å². The number of para-hydroxylation sites is 1. The summed E-state index contributed by atoms with van der Waals surface area (Å²) in [6.45, 7) is 0. The van der Waals surface area contributed by atoms with Crippen LogP contribution in [-0.4, -0.2) is 19.9 Å². The Morgan fingerprint density at radius 2 is 0.920 bits per heavy atom. The quantitative estimate of drug-likeness (QED) is 0.180. The predicted molar refractivity (Wildman–Crippen MR) is 207 cm³/mol. The lowest BCUT2D eigenvalue weighted by atomic mass is 9.90. The molecule has 0 N–H and O–H groups in total. The van der Waals surface area contributed by atoms with Crippen molar-refractivity contribution in [2.75, 3.05) is 0 Å². The molecule has 4 heteroatoms. The van der Waals surface area contributed by atoms with Crippen LogP contribution in [0.25, 0.3) is 99.0 Å². The van der Waals surface area contributed by atoms with E-state index in [-0.39, 0.29) is 0 Å². The number of nitrogens with zero attached hydrogens (tertiary/aromatic N) is 4. The summed E-state index contributed by atoms with van der Waals surface area (Å²) in [6.07, 6.45) is 5.64. The molecule has 232 valence electrons. The van der Waals surface area contributed by atoms with Crippen LogP contribution in [-0.2, 0) is 0 Å². The topological polar surface area (TPSA) is 51.6 Å². The zero-order chi connectivity index (χ0) is 33.0. The van der Waals surface area contributed by atoms with Crippen LogP contribution >= 0.6 is 0 Å². The Labute approximate surface area is 288 Å². The largest absolute Gasteiger partial charge is 0.256 e. The molecule has 0 aliphatic rings. The van der Waals surface area contributed by atoms with Gasteiger partial charge in [-0.15, -0.1) is 0 Å². The Kier molecular flexibility index (Phi) is 6.46. The molecule has 0 fully saturated rings. The number of pyridine rings is 4. The Bertz CT molecular complexity index is 2940. The van der Waals surface area contributed by atoms with E-state index in [1.54, 1.807) is 0 Å². The SMILES string of the molecule is c1ccc(-c2cccc3ccc4ccccc4c23)c(-c2cc(-c3cnc4c(ccc5cccnc54)c3)cc(-c3cccc4cccnc34)n2)c1. The van der Waals surface area contributed by atoms with E-state index in [0.717, 1.165) is 71.9 Å². The molecule has 6 aromatic carbocycles. The van der Waals surface area contributed by atoms with Crippen LogP contribution in [0.4, 0.5) is 0 Å². The van der Waals surface area contributed by atoms with Gasteiger partial charge in [-0.1, -0.05) is 121 Å². The van der Waals surface area contributed by atoms with Crippen molar-refractivity contribution < 1.29 is 0 Å². The highest BCUT2D eigenvalue weighted by Gasteiger charge is 2.17. The molecule has 0 radical (unpaired) electrons. The zero-order valence-corrected chi connectivity index (χ0v) is 27.0. The van der Waals surface area contributed by atoms with Gasteiger partial charge < -0.3 is 0 Å². The average Bonchev–Trinajstić information content (AvgIpc) is 3.20. The first-order chi connectivity index (χ1) is 24.8. The van der Waals surface area contributed by atoms with E-state index in [0.29, 0.717) is 0 Å². The molecule has 0 spiro atoms. The number of rotatable bonds is 4. The second-order valence-electron chi connectivity index (χ2n) is 12.7. The Morgan fingerprint density at radius 1 is 0.340 bits per heavy atom. The van der Waals surface area contributed by atoms with Crippen LogP contribution in [0.2, 0.25) is 0 Å². The monoisotopic (exact) mass is 636 g/mol. The smallest absolute Gasteiger partial charge is 0.0964 e. The van der Waals surface area contributed by atoms with Gasteiger partial charge in [-0.2, -0.15) is 0 Å². The van der Waals surface area contributed by atoms with Crippen LogP contribution in [0.5, 0.6) is 0 Å². The average molecular weight is 637 g/mol. The van der Waals surface area contributed by atoms with Gasteiger partial charge in [0.2, 0.25) is 0 Å². The maximum atomic E-state index is 5.41. The highest BCUT2D eigenvalue weighted by atomic mass is 14.7. The number of aromatic nitrogens is 4. The maximum Gasteiger partial charge on any atom is 0.0964 e. The zero-order valence-electron chi connectivity index (χ0n) is 27.0. The van der Waals surface area contributed by atoms with Crippen LogP contribution in [0.3, 0.4) is 0 Å². The molecule has 0 bridgehead atoms. The minimum atomic E-state index is 0.861. The fourth-order valence-corrected chi connectivity index (χ4v) is 7.40. The van der Waals surface area contributed by atoms with Gasteiger partial charge in [0.15, 0.2) is 0 Å². The summed E-state index contributed by atoms with van der Waals surface area (Å²) in [5, 5.41) is 8.12.